The van der Waals surface area contributed by atoms with E-state index < -0.39 is 0 Å². The Labute approximate surface area is 237 Å². The molecule has 0 saturated carbocycles. The molecule has 0 spiro atoms. The molecule has 226 valence electrons. The van der Waals surface area contributed by atoms with Gasteiger partial charge in [0.15, 0.2) is 0 Å². The lowest BCUT2D eigenvalue weighted by Crippen LogP contribution is -2.05. The summed E-state index contributed by atoms with van der Waals surface area (Å²) >= 11 is 0. The molecule has 0 fully saturated rings. The maximum atomic E-state index is 11.8. The molecule has 0 bridgehead atoms. The van der Waals surface area contributed by atoms with Gasteiger partial charge in [0.1, 0.15) is 0 Å². The van der Waals surface area contributed by atoms with Gasteiger partial charge < -0.3 is 9.47 Å². The molecule has 0 amide bonds. The van der Waals surface area contributed by atoms with Crippen LogP contribution in [0.25, 0.3) is 0 Å². The Morgan fingerprint density at radius 2 is 0.579 bits per heavy atom. The van der Waals surface area contributed by atoms with Gasteiger partial charge in [-0.05, 0) is 25.7 Å². The van der Waals surface area contributed by atoms with Crippen molar-refractivity contribution in [3.8, 4) is 0 Å². The number of rotatable bonds is 31. The zero-order valence-electron chi connectivity index (χ0n) is 25.8. The second kappa shape index (κ2) is 32.2. The van der Waals surface area contributed by atoms with Crippen LogP contribution in [0.4, 0.5) is 0 Å². The minimum absolute atomic E-state index is 0.0122. The van der Waals surface area contributed by atoms with Crippen molar-refractivity contribution in [3.63, 3.8) is 0 Å². The van der Waals surface area contributed by atoms with Crippen molar-refractivity contribution < 1.29 is 19.1 Å². The predicted molar refractivity (Wildman–Crippen MR) is 163 cm³/mol. The summed E-state index contributed by atoms with van der Waals surface area (Å²) in [6.07, 6.45) is 33.3. The molecule has 0 heterocycles. The van der Waals surface area contributed by atoms with Gasteiger partial charge in [-0.3, -0.25) is 9.59 Å². The third-order valence-corrected chi connectivity index (χ3v) is 7.53. The number of ether oxygens (including phenoxy) is 2. The van der Waals surface area contributed by atoms with Crippen LogP contribution in [-0.4, -0.2) is 25.2 Å². The topological polar surface area (TPSA) is 52.6 Å². The first-order chi connectivity index (χ1) is 18.7. The van der Waals surface area contributed by atoms with E-state index in [-0.39, 0.29) is 11.9 Å². The molecule has 0 saturated heterocycles. The molecule has 0 aliphatic rings. The van der Waals surface area contributed by atoms with Gasteiger partial charge in [-0.15, -0.1) is 0 Å². The summed E-state index contributed by atoms with van der Waals surface area (Å²) in [6, 6.07) is 0. The van der Waals surface area contributed by atoms with Crippen LogP contribution in [0.5, 0.6) is 0 Å². The molecule has 4 heteroatoms. The van der Waals surface area contributed by atoms with Crippen LogP contribution in [0.15, 0.2) is 0 Å². The SMILES string of the molecule is CCCCCCCCCCCC(=O)OCCCCCCCCCCOC(=O)CCCCCCCCCCC. The van der Waals surface area contributed by atoms with Gasteiger partial charge in [0, 0.05) is 12.8 Å². The predicted octanol–water partition coefficient (Wildman–Crippen LogP) is 11.0. The van der Waals surface area contributed by atoms with Crippen molar-refractivity contribution >= 4 is 11.9 Å². The van der Waals surface area contributed by atoms with E-state index in [1.165, 1.54) is 116 Å². The number of carbonyl (C=O) groups is 2. The standard InChI is InChI=1S/C34H66O4/c1-3-5-7-9-11-13-17-21-25-29-33(35)37-31-27-23-19-15-16-20-24-28-32-38-34(36)30-26-22-18-14-12-10-8-6-4-2/h3-32H2,1-2H3. The molecule has 0 atom stereocenters. The zero-order chi connectivity index (χ0) is 27.8. The van der Waals surface area contributed by atoms with Gasteiger partial charge in [0.2, 0.25) is 0 Å². The lowest BCUT2D eigenvalue weighted by atomic mass is 10.1. The van der Waals surface area contributed by atoms with Gasteiger partial charge in [-0.25, -0.2) is 0 Å². The van der Waals surface area contributed by atoms with Crippen LogP contribution < -0.4 is 0 Å². The van der Waals surface area contributed by atoms with Gasteiger partial charge in [-0.1, -0.05) is 155 Å². The highest BCUT2D eigenvalue weighted by molar-refractivity contribution is 5.69. The number of carbonyl (C=O) groups excluding carboxylic acids is 2. The Bertz CT molecular complexity index is 447. The van der Waals surface area contributed by atoms with E-state index in [2.05, 4.69) is 13.8 Å². The Kier molecular flexibility index (Phi) is 31.3. The van der Waals surface area contributed by atoms with E-state index in [9.17, 15) is 9.59 Å². The summed E-state index contributed by atoms with van der Waals surface area (Å²) in [6.45, 7) is 5.68. The third-order valence-electron chi connectivity index (χ3n) is 7.53. The van der Waals surface area contributed by atoms with Crippen LogP contribution in [0.3, 0.4) is 0 Å². The minimum Gasteiger partial charge on any atom is -0.466 e. The summed E-state index contributed by atoms with van der Waals surface area (Å²) < 4.78 is 10.8. The average Bonchev–Trinajstić information content (AvgIpc) is 2.91. The molecule has 0 aliphatic carbocycles. The first-order valence-electron chi connectivity index (χ1n) is 17.0. The van der Waals surface area contributed by atoms with Gasteiger partial charge in [0.25, 0.3) is 0 Å². The third kappa shape index (κ3) is 31.2. The molecule has 0 N–H and O–H groups in total. The van der Waals surface area contributed by atoms with E-state index >= 15 is 0 Å². The summed E-state index contributed by atoms with van der Waals surface area (Å²) in [5.74, 6) is -0.0244. The lowest BCUT2D eigenvalue weighted by molar-refractivity contribution is -0.144. The fourth-order valence-corrected chi connectivity index (χ4v) is 4.94. The molecule has 4 nitrogen and oxygen atoms in total. The van der Waals surface area contributed by atoms with E-state index in [0.29, 0.717) is 26.1 Å². The highest BCUT2D eigenvalue weighted by Gasteiger charge is 2.04. The molecular weight excluding hydrogens is 472 g/mol. The maximum Gasteiger partial charge on any atom is 0.305 e. The number of esters is 2. The van der Waals surface area contributed by atoms with Crippen molar-refractivity contribution in [2.45, 2.75) is 194 Å². The molecule has 0 aromatic rings. The van der Waals surface area contributed by atoms with Crippen LogP contribution in [0, 0.1) is 0 Å². The molecule has 0 aromatic carbocycles. The van der Waals surface area contributed by atoms with Crippen molar-refractivity contribution in [3.05, 3.63) is 0 Å². The van der Waals surface area contributed by atoms with Crippen molar-refractivity contribution in [1.82, 2.24) is 0 Å². The van der Waals surface area contributed by atoms with Crippen LogP contribution >= 0.6 is 0 Å². The number of hydrogen-bond acceptors (Lipinski definition) is 4. The average molecular weight is 539 g/mol. The first-order valence-corrected chi connectivity index (χ1v) is 17.0. The van der Waals surface area contributed by atoms with Crippen LogP contribution in [-0.2, 0) is 19.1 Å². The first kappa shape index (κ1) is 36.9. The van der Waals surface area contributed by atoms with E-state index in [4.69, 9.17) is 9.47 Å². The normalized spacial score (nSPS) is 11.1. The number of unbranched alkanes of at least 4 members (excludes halogenated alkanes) is 23. The summed E-state index contributed by atoms with van der Waals surface area (Å²) in [4.78, 5) is 23.7. The maximum absolute atomic E-state index is 11.8. The van der Waals surface area contributed by atoms with Crippen molar-refractivity contribution in [2.24, 2.45) is 0 Å². The second-order valence-corrected chi connectivity index (χ2v) is 11.4. The Morgan fingerprint density at radius 1 is 0.342 bits per heavy atom. The zero-order valence-corrected chi connectivity index (χ0v) is 25.8. The van der Waals surface area contributed by atoms with Crippen molar-refractivity contribution in [2.75, 3.05) is 13.2 Å². The van der Waals surface area contributed by atoms with E-state index in [1.54, 1.807) is 0 Å². The molecule has 0 aliphatic heterocycles. The van der Waals surface area contributed by atoms with Gasteiger partial charge >= 0.3 is 11.9 Å². The van der Waals surface area contributed by atoms with E-state index in [0.717, 1.165) is 51.4 Å². The van der Waals surface area contributed by atoms with E-state index in [1.807, 2.05) is 0 Å². The number of hydrogen-bond donors (Lipinski definition) is 0. The van der Waals surface area contributed by atoms with Crippen LogP contribution in [0.1, 0.15) is 194 Å². The molecule has 0 unspecified atom stereocenters. The highest BCUT2D eigenvalue weighted by atomic mass is 16.5. The summed E-state index contributed by atoms with van der Waals surface area (Å²) in [5, 5.41) is 0. The fraction of sp³-hybridized carbons (Fsp3) is 0.941. The summed E-state index contributed by atoms with van der Waals surface area (Å²) in [7, 11) is 0. The fourth-order valence-electron chi connectivity index (χ4n) is 4.94. The quantitative estimate of drug-likeness (QED) is 0.0650. The minimum atomic E-state index is -0.0122. The Hall–Kier alpha value is -1.06. The Balaban J connectivity index is 3.22. The second-order valence-electron chi connectivity index (χ2n) is 11.4. The molecule has 0 aromatic heterocycles. The molecule has 38 heavy (non-hydrogen) atoms. The van der Waals surface area contributed by atoms with Gasteiger partial charge in [-0.2, -0.15) is 0 Å². The summed E-state index contributed by atoms with van der Waals surface area (Å²) in [5.41, 5.74) is 0. The lowest BCUT2D eigenvalue weighted by Gasteiger charge is -2.06. The molecule has 0 radical (unpaired) electrons. The van der Waals surface area contributed by atoms with Crippen LogP contribution in [0.2, 0.25) is 0 Å². The Morgan fingerprint density at radius 3 is 0.868 bits per heavy atom. The van der Waals surface area contributed by atoms with Crippen molar-refractivity contribution in [1.29, 1.82) is 0 Å². The van der Waals surface area contributed by atoms with Gasteiger partial charge in [0.05, 0.1) is 13.2 Å². The smallest absolute Gasteiger partial charge is 0.305 e. The molecular formula is C34H66O4. The molecule has 0 rings (SSSR count). The largest absolute Gasteiger partial charge is 0.466 e. The monoisotopic (exact) mass is 538 g/mol. The highest BCUT2D eigenvalue weighted by Crippen LogP contribution is 2.13.